The fourth-order valence-electron chi connectivity index (χ4n) is 1.62. The van der Waals surface area contributed by atoms with Gasteiger partial charge in [-0.25, -0.2) is 4.98 Å². The first-order chi connectivity index (χ1) is 6.72. The largest absolute Gasteiger partial charge is 0.304 e. The topological polar surface area (TPSA) is 17.3 Å². The van der Waals surface area contributed by atoms with E-state index in [4.69, 9.17) is 0 Å². The molecule has 0 aromatic carbocycles. The van der Waals surface area contributed by atoms with Crippen molar-refractivity contribution in [3.63, 3.8) is 0 Å². The number of halogens is 1. The Balaban J connectivity index is 2.66. The van der Waals surface area contributed by atoms with E-state index < -0.39 is 0 Å². The van der Waals surface area contributed by atoms with Crippen LogP contribution in [0.2, 0.25) is 0 Å². The smallest absolute Gasteiger partial charge is 0.137 e. The number of pyridine rings is 1. The van der Waals surface area contributed by atoms with Gasteiger partial charge in [-0.05, 0) is 18.1 Å². The van der Waals surface area contributed by atoms with Crippen molar-refractivity contribution in [3.05, 3.63) is 35.8 Å². The zero-order valence-corrected chi connectivity index (χ0v) is 9.95. The number of fused-ring (bicyclic) bond motifs is 1. The first-order valence-corrected chi connectivity index (χ1v) is 5.87. The van der Waals surface area contributed by atoms with Crippen LogP contribution in [0.25, 0.3) is 5.65 Å². The Morgan fingerprint density at radius 3 is 2.86 bits per heavy atom. The van der Waals surface area contributed by atoms with E-state index in [0.717, 1.165) is 16.7 Å². The van der Waals surface area contributed by atoms with Crippen LogP contribution >= 0.6 is 15.9 Å². The maximum Gasteiger partial charge on any atom is 0.137 e. The van der Waals surface area contributed by atoms with Gasteiger partial charge in [-0.3, -0.25) is 0 Å². The summed E-state index contributed by atoms with van der Waals surface area (Å²) < 4.78 is 2.17. The quantitative estimate of drug-likeness (QED) is 0.750. The average molecular weight is 253 g/mol. The molecule has 2 nitrogen and oxygen atoms in total. The second-order valence-electron chi connectivity index (χ2n) is 3.70. The van der Waals surface area contributed by atoms with Crippen molar-refractivity contribution in [2.45, 2.75) is 25.1 Å². The highest BCUT2D eigenvalue weighted by Crippen LogP contribution is 2.17. The minimum atomic E-state index is 0.524. The van der Waals surface area contributed by atoms with E-state index in [0.29, 0.717) is 5.92 Å². The molecule has 3 heteroatoms. The molecular weight excluding hydrogens is 240 g/mol. The summed E-state index contributed by atoms with van der Waals surface area (Å²) in [5.41, 5.74) is 3.42. The van der Waals surface area contributed by atoms with Gasteiger partial charge in [-0.2, -0.15) is 0 Å². The van der Waals surface area contributed by atoms with Crippen molar-refractivity contribution in [1.82, 2.24) is 9.38 Å². The molecule has 0 saturated carbocycles. The molecule has 2 heterocycles. The van der Waals surface area contributed by atoms with Crippen LogP contribution in [0.3, 0.4) is 0 Å². The summed E-state index contributed by atoms with van der Waals surface area (Å²) in [5, 5.41) is 0.812. The summed E-state index contributed by atoms with van der Waals surface area (Å²) in [6.07, 6.45) is 2.10. The molecular formula is C11H13BrN2. The number of aromatic nitrogens is 2. The first kappa shape index (κ1) is 9.71. The lowest BCUT2D eigenvalue weighted by molar-refractivity contribution is 0.801. The highest BCUT2D eigenvalue weighted by atomic mass is 79.9. The predicted octanol–water partition coefficient (Wildman–Crippen LogP) is 3.35. The van der Waals surface area contributed by atoms with Crippen molar-refractivity contribution < 1.29 is 0 Å². The molecule has 0 spiro atoms. The van der Waals surface area contributed by atoms with Crippen LogP contribution in [0.5, 0.6) is 0 Å². The second-order valence-corrected chi connectivity index (χ2v) is 4.26. The maximum atomic E-state index is 4.49. The van der Waals surface area contributed by atoms with Crippen LogP contribution in [-0.4, -0.2) is 9.38 Å². The Kier molecular flexibility index (Phi) is 2.59. The van der Waals surface area contributed by atoms with Crippen LogP contribution in [0.15, 0.2) is 24.4 Å². The molecule has 0 N–H and O–H groups in total. The molecule has 2 rings (SSSR count). The Morgan fingerprint density at radius 2 is 2.21 bits per heavy atom. The molecule has 0 atom stereocenters. The number of hydrogen-bond donors (Lipinski definition) is 0. The van der Waals surface area contributed by atoms with Crippen molar-refractivity contribution in [2.24, 2.45) is 0 Å². The summed E-state index contributed by atoms with van der Waals surface area (Å²) in [6, 6.07) is 6.26. The van der Waals surface area contributed by atoms with E-state index in [1.165, 1.54) is 5.69 Å². The average Bonchev–Trinajstić information content (AvgIpc) is 2.59. The number of hydrogen-bond acceptors (Lipinski definition) is 1. The van der Waals surface area contributed by atoms with Gasteiger partial charge in [0.1, 0.15) is 5.65 Å². The highest BCUT2D eigenvalue weighted by molar-refractivity contribution is 9.08. The predicted molar refractivity (Wildman–Crippen MR) is 61.9 cm³/mol. The molecule has 0 fully saturated rings. The summed E-state index contributed by atoms with van der Waals surface area (Å²) in [4.78, 5) is 4.49. The monoisotopic (exact) mass is 252 g/mol. The molecule has 0 unspecified atom stereocenters. The highest BCUT2D eigenvalue weighted by Gasteiger charge is 2.06. The fraction of sp³-hybridized carbons (Fsp3) is 0.364. The summed E-state index contributed by atoms with van der Waals surface area (Å²) in [5.74, 6) is 0.524. The van der Waals surface area contributed by atoms with E-state index in [-0.39, 0.29) is 0 Å². The van der Waals surface area contributed by atoms with Gasteiger partial charge in [0.05, 0.1) is 5.69 Å². The van der Waals surface area contributed by atoms with Gasteiger partial charge >= 0.3 is 0 Å². The normalized spacial score (nSPS) is 11.4. The van der Waals surface area contributed by atoms with Gasteiger partial charge < -0.3 is 4.40 Å². The lowest BCUT2D eigenvalue weighted by Crippen LogP contribution is -1.96. The standard InChI is InChI=1S/C11H13BrN2/c1-8(2)10-4-3-5-11-13-9(6-12)7-14(10)11/h3-5,7-8H,6H2,1-2H3. The van der Waals surface area contributed by atoms with E-state index >= 15 is 0 Å². The van der Waals surface area contributed by atoms with Gasteiger partial charge in [-0.15, -0.1) is 0 Å². The molecule has 74 valence electrons. The number of alkyl halides is 1. The van der Waals surface area contributed by atoms with Crippen LogP contribution in [0.4, 0.5) is 0 Å². The molecule has 0 saturated heterocycles. The molecule has 0 bridgehead atoms. The minimum absolute atomic E-state index is 0.524. The van der Waals surface area contributed by atoms with E-state index in [2.05, 4.69) is 57.5 Å². The van der Waals surface area contributed by atoms with Crippen LogP contribution in [0.1, 0.15) is 31.2 Å². The van der Waals surface area contributed by atoms with Gasteiger partial charge in [0.2, 0.25) is 0 Å². The van der Waals surface area contributed by atoms with E-state index in [1.54, 1.807) is 0 Å². The molecule has 0 radical (unpaired) electrons. The summed E-state index contributed by atoms with van der Waals surface area (Å²) in [6.45, 7) is 4.39. The van der Waals surface area contributed by atoms with E-state index in [1.807, 2.05) is 6.07 Å². The zero-order chi connectivity index (χ0) is 10.1. The van der Waals surface area contributed by atoms with E-state index in [9.17, 15) is 0 Å². The molecule has 0 aliphatic carbocycles. The lowest BCUT2D eigenvalue weighted by Gasteiger charge is -2.07. The van der Waals surface area contributed by atoms with Crippen LogP contribution in [-0.2, 0) is 5.33 Å². The summed E-state index contributed by atoms with van der Waals surface area (Å²) in [7, 11) is 0. The first-order valence-electron chi connectivity index (χ1n) is 4.75. The SMILES string of the molecule is CC(C)c1cccc2nc(CBr)cn12. The number of rotatable bonds is 2. The Hall–Kier alpha value is -0.830. The van der Waals surface area contributed by atoms with Crippen molar-refractivity contribution in [1.29, 1.82) is 0 Å². The Bertz CT molecular complexity index is 445. The zero-order valence-electron chi connectivity index (χ0n) is 8.37. The Labute approximate surface area is 92.1 Å². The summed E-state index contributed by atoms with van der Waals surface area (Å²) >= 11 is 3.42. The molecule has 2 aromatic heterocycles. The molecule has 0 aliphatic heterocycles. The van der Waals surface area contributed by atoms with Crippen LogP contribution < -0.4 is 0 Å². The fourth-order valence-corrected chi connectivity index (χ4v) is 1.89. The minimum Gasteiger partial charge on any atom is -0.304 e. The van der Waals surface area contributed by atoms with Gasteiger partial charge in [0.25, 0.3) is 0 Å². The number of imidazole rings is 1. The van der Waals surface area contributed by atoms with Gasteiger partial charge in [-0.1, -0.05) is 35.8 Å². The second kappa shape index (κ2) is 3.73. The third-order valence-corrected chi connectivity index (χ3v) is 2.88. The molecule has 0 aliphatic rings. The third kappa shape index (κ3) is 1.57. The van der Waals surface area contributed by atoms with Crippen molar-refractivity contribution in [2.75, 3.05) is 0 Å². The van der Waals surface area contributed by atoms with Gasteiger partial charge in [0, 0.05) is 17.2 Å². The van der Waals surface area contributed by atoms with Crippen LogP contribution in [0, 0.1) is 0 Å². The van der Waals surface area contributed by atoms with Crippen molar-refractivity contribution >= 4 is 21.6 Å². The molecule has 14 heavy (non-hydrogen) atoms. The Morgan fingerprint density at radius 1 is 1.43 bits per heavy atom. The third-order valence-electron chi connectivity index (χ3n) is 2.30. The van der Waals surface area contributed by atoms with Crippen molar-refractivity contribution in [3.8, 4) is 0 Å². The molecule has 2 aromatic rings. The number of nitrogens with zero attached hydrogens (tertiary/aromatic N) is 2. The van der Waals surface area contributed by atoms with Gasteiger partial charge in [0.15, 0.2) is 0 Å². The maximum absolute atomic E-state index is 4.49. The molecule has 0 amide bonds. The lowest BCUT2D eigenvalue weighted by atomic mass is 10.1.